The Balaban J connectivity index is 1.51. The van der Waals surface area contributed by atoms with E-state index in [1.807, 2.05) is 12.2 Å². The number of amides is 2. The van der Waals surface area contributed by atoms with E-state index >= 15 is 0 Å². The highest BCUT2D eigenvalue weighted by Crippen LogP contribution is 2.35. The first kappa shape index (κ1) is 20.6. The maximum atomic E-state index is 12.4. The summed E-state index contributed by atoms with van der Waals surface area (Å²) in [7, 11) is 2.92. The van der Waals surface area contributed by atoms with E-state index in [0.29, 0.717) is 24.3 Å². The van der Waals surface area contributed by atoms with Gasteiger partial charge < -0.3 is 14.2 Å². The van der Waals surface area contributed by atoms with Gasteiger partial charge in [-0.15, -0.1) is 0 Å². The lowest BCUT2D eigenvalue weighted by atomic mass is 9.85. The predicted octanol–water partition coefficient (Wildman–Crippen LogP) is 1.77. The molecule has 2 amide bonds. The van der Waals surface area contributed by atoms with Crippen molar-refractivity contribution in [2.45, 2.75) is 19.3 Å². The topological polar surface area (TPSA) is 99.2 Å². The number of methoxy groups -OCH3 is 2. The monoisotopic (exact) mass is 401 g/mol. The third kappa shape index (κ3) is 4.31. The van der Waals surface area contributed by atoms with Crippen molar-refractivity contribution in [1.82, 2.24) is 4.90 Å². The first-order valence-electron chi connectivity index (χ1n) is 9.37. The summed E-state index contributed by atoms with van der Waals surface area (Å²) in [6.07, 6.45) is 4.76. The zero-order chi connectivity index (χ0) is 21.0. The molecule has 1 fully saturated rings. The lowest BCUT2D eigenvalue weighted by molar-refractivity contribution is -0.145. The molecule has 1 saturated heterocycles. The Morgan fingerprint density at radius 1 is 1.03 bits per heavy atom. The molecule has 1 aliphatic carbocycles. The lowest BCUT2D eigenvalue weighted by Crippen LogP contribution is -2.33. The van der Waals surface area contributed by atoms with E-state index in [9.17, 15) is 19.2 Å². The van der Waals surface area contributed by atoms with Crippen LogP contribution in [0, 0.1) is 11.8 Å². The molecule has 29 heavy (non-hydrogen) atoms. The van der Waals surface area contributed by atoms with Gasteiger partial charge in [0.15, 0.2) is 6.61 Å². The Morgan fingerprint density at radius 2 is 1.69 bits per heavy atom. The van der Waals surface area contributed by atoms with Gasteiger partial charge in [-0.3, -0.25) is 24.1 Å². The molecule has 0 unspecified atom stereocenters. The van der Waals surface area contributed by atoms with Gasteiger partial charge in [-0.2, -0.15) is 0 Å². The van der Waals surface area contributed by atoms with Gasteiger partial charge in [-0.05, 0) is 25.0 Å². The summed E-state index contributed by atoms with van der Waals surface area (Å²) in [6.45, 7) is -0.498. The Morgan fingerprint density at radius 3 is 2.28 bits per heavy atom. The number of benzene rings is 1. The molecular weight excluding hydrogens is 378 g/mol. The third-order valence-electron chi connectivity index (χ3n) is 5.21. The minimum absolute atomic E-state index is 0.0381. The van der Waals surface area contributed by atoms with E-state index in [1.54, 1.807) is 12.1 Å². The van der Waals surface area contributed by atoms with Crippen LogP contribution in [-0.4, -0.2) is 55.8 Å². The van der Waals surface area contributed by atoms with Gasteiger partial charge in [0.25, 0.3) is 0 Å². The molecule has 1 aromatic carbocycles. The fraction of sp³-hybridized carbons (Fsp3) is 0.429. The number of ether oxygens (including phenoxy) is 3. The highest BCUT2D eigenvalue weighted by atomic mass is 16.5. The van der Waals surface area contributed by atoms with E-state index in [2.05, 4.69) is 0 Å². The van der Waals surface area contributed by atoms with Gasteiger partial charge in [0, 0.05) is 12.6 Å². The SMILES string of the molecule is COc1ccc(C(=O)COC(=O)CCN2C(=O)[C@@H]3CC=CC[C@H]3C2=O)c(OC)c1. The number of Topliss-reactive ketones (excluding diaryl/α,β-unsaturated/α-hetero) is 1. The number of imide groups is 1. The van der Waals surface area contributed by atoms with E-state index in [0.717, 1.165) is 4.90 Å². The second-order valence-electron chi connectivity index (χ2n) is 6.88. The minimum atomic E-state index is -0.653. The molecule has 0 spiro atoms. The molecule has 0 aromatic heterocycles. The first-order valence-corrected chi connectivity index (χ1v) is 9.37. The van der Waals surface area contributed by atoms with Crippen molar-refractivity contribution in [3.8, 4) is 11.5 Å². The fourth-order valence-corrected chi connectivity index (χ4v) is 3.62. The molecule has 154 valence electrons. The lowest BCUT2D eigenvalue weighted by Gasteiger charge is -2.14. The number of hydrogen-bond acceptors (Lipinski definition) is 7. The van der Waals surface area contributed by atoms with Crippen LogP contribution in [0.15, 0.2) is 30.4 Å². The molecule has 2 atom stereocenters. The van der Waals surface area contributed by atoms with Crippen molar-refractivity contribution >= 4 is 23.6 Å². The summed E-state index contributed by atoms with van der Waals surface area (Å²) in [5.41, 5.74) is 0.266. The molecule has 0 N–H and O–H groups in total. The smallest absolute Gasteiger partial charge is 0.308 e. The molecule has 1 heterocycles. The Bertz CT molecular complexity index is 835. The van der Waals surface area contributed by atoms with Crippen molar-refractivity contribution in [2.24, 2.45) is 11.8 Å². The van der Waals surface area contributed by atoms with Crippen LogP contribution >= 0.6 is 0 Å². The van der Waals surface area contributed by atoms with Gasteiger partial charge in [-0.1, -0.05) is 12.2 Å². The van der Waals surface area contributed by atoms with Crippen molar-refractivity contribution < 1.29 is 33.4 Å². The van der Waals surface area contributed by atoms with Gasteiger partial charge >= 0.3 is 5.97 Å². The van der Waals surface area contributed by atoms with Crippen molar-refractivity contribution in [3.05, 3.63) is 35.9 Å². The minimum Gasteiger partial charge on any atom is -0.497 e. The summed E-state index contributed by atoms with van der Waals surface area (Å²) < 4.78 is 15.3. The van der Waals surface area contributed by atoms with Gasteiger partial charge in [0.1, 0.15) is 11.5 Å². The van der Waals surface area contributed by atoms with E-state index < -0.39 is 18.4 Å². The number of carbonyl (C=O) groups is 4. The maximum Gasteiger partial charge on any atom is 0.308 e. The number of fused-ring (bicyclic) bond motifs is 1. The Labute approximate surface area is 168 Å². The van der Waals surface area contributed by atoms with Crippen molar-refractivity contribution in [2.75, 3.05) is 27.4 Å². The van der Waals surface area contributed by atoms with Gasteiger partial charge in [0.2, 0.25) is 17.6 Å². The van der Waals surface area contributed by atoms with Crippen LogP contribution in [0.4, 0.5) is 0 Å². The van der Waals surface area contributed by atoms with Crippen molar-refractivity contribution in [3.63, 3.8) is 0 Å². The van der Waals surface area contributed by atoms with E-state index in [4.69, 9.17) is 14.2 Å². The molecular formula is C21H23NO7. The average molecular weight is 401 g/mol. The quantitative estimate of drug-likeness (QED) is 0.283. The van der Waals surface area contributed by atoms with Crippen LogP contribution in [-0.2, 0) is 19.1 Å². The predicted molar refractivity (Wildman–Crippen MR) is 102 cm³/mol. The second kappa shape index (κ2) is 8.89. The van der Waals surface area contributed by atoms with Crippen LogP contribution in [0.2, 0.25) is 0 Å². The van der Waals surface area contributed by atoms with Crippen molar-refractivity contribution in [1.29, 1.82) is 0 Å². The number of allylic oxidation sites excluding steroid dienone is 2. The second-order valence-corrected chi connectivity index (χ2v) is 6.88. The highest BCUT2D eigenvalue weighted by Gasteiger charge is 2.46. The third-order valence-corrected chi connectivity index (χ3v) is 5.21. The molecule has 2 aliphatic rings. The maximum absolute atomic E-state index is 12.4. The van der Waals surface area contributed by atoms with Crippen LogP contribution < -0.4 is 9.47 Å². The van der Waals surface area contributed by atoms with E-state index in [1.165, 1.54) is 20.3 Å². The van der Waals surface area contributed by atoms with Crippen LogP contribution in [0.25, 0.3) is 0 Å². The van der Waals surface area contributed by atoms with Crippen LogP contribution in [0.1, 0.15) is 29.6 Å². The number of likely N-dealkylation sites (tertiary alicyclic amines) is 1. The number of ketones is 1. The van der Waals surface area contributed by atoms with E-state index in [-0.39, 0.29) is 42.2 Å². The largest absolute Gasteiger partial charge is 0.497 e. The van der Waals surface area contributed by atoms with Gasteiger partial charge in [-0.25, -0.2) is 0 Å². The number of hydrogen-bond donors (Lipinski definition) is 0. The Hall–Kier alpha value is -3.16. The van der Waals surface area contributed by atoms with Gasteiger partial charge in [0.05, 0.1) is 38.0 Å². The average Bonchev–Trinajstić information content (AvgIpc) is 3.00. The summed E-state index contributed by atoms with van der Waals surface area (Å²) in [5.74, 6) is -1.36. The zero-order valence-corrected chi connectivity index (χ0v) is 16.4. The molecule has 8 nitrogen and oxygen atoms in total. The number of nitrogens with zero attached hydrogens (tertiary/aromatic N) is 1. The molecule has 1 aromatic rings. The molecule has 3 rings (SSSR count). The first-order chi connectivity index (χ1) is 14.0. The molecule has 8 heteroatoms. The molecule has 0 saturated carbocycles. The summed E-state index contributed by atoms with van der Waals surface area (Å²) in [6, 6.07) is 4.70. The normalized spacial score (nSPS) is 20.4. The molecule has 1 aliphatic heterocycles. The number of esters is 1. The van der Waals surface area contributed by atoms with Crippen LogP contribution in [0.5, 0.6) is 11.5 Å². The summed E-state index contributed by atoms with van der Waals surface area (Å²) in [4.78, 5) is 50.3. The Kier molecular flexibility index (Phi) is 6.31. The summed E-state index contributed by atoms with van der Waals surface area (Å²) >= 11 is 0. The van der Waals surface area contributed by atoms with Crippen LogP contribution in [0.3, 0.4) is 0 Å². The number of carbonyl (C=O) groups excluding carboxylic acids is 4. The highest BCUT2D eigenvalue weighted by molar-refractivity contribution is 6.05. The number of rotatable bonds is 8. The molecule has 0 radical (unpaired) electrons. The zero-order valence-electron chi connectivity index (χ0n) is 16.4. The standard InChI is InChI=1S/C21H23NO7/c1-27-13-7-8-16(18(11-13)28-2)17(23)12-29-19(24)9-10-22-20(25)14-5-3-4-6-15(14)21(22)26/h3-4,7-8,11,14-15H,5-6,9-10,12H2,1-2H3/t14-,15-/m1/s1. The molecule has 0 bridgehead atoms. The fourth-order valence-electron chi connectivity index (χ4n) is 3.62. The summed E-state index contributed by atoms with van der Waals surface area (Å²) in [5, 5.41) is 0.